The Morgan fingerprint density at radius 3 is 2.62 bits per heavy atom. The normalized spacial score (nSPS) is 10.8. The summed E-state index contributed by atoms with van der Waals surface area (Å²) in [6.07, 6.45) is 2.40. The van der Waals surface area contributed by atoms with E-state index in [1.807, 2.05) is 36.9 Å². The van der Waals surface area contributed by atoms with Crippen LogP contribution >= 0.6 is 0 Å². The van der Waals surface area contributed by atoms with Crippen molar-refractivity contribution in [2.75, 3.05) is 26.1 Å². The number of rotatable bonds is 6. The van der Waals surface area contributed by atoms with Crippen LogP contribution in [0, 0.1) is 6.92 Å². The van der Waals surface area contributed by atoms with Crippen LogP contribution in [0.2, 0.25) is 0 Å². The van der Waals surface area contributed by atoms with Gasteiger partial charge in [0.25, 0.3) is 0 Å². The summed E-state index contributed by atoms with van der Waals surface area (Å²) in [6, 6.07) is 5.93. The molecule has 0 saturated heterocycles. The van der Waals surface area contributed by atoms with Crippen LogP contribution in [0.4, 0.5) is 5.82 Å². The van der Waals surface area contributed by atoms with Gasteiger partial charge in [-0.25, -0.2) is 9.97 Å². The van der Waals surface area contributed by atoms with Gasteiger partial charge in [0, 0.05) is 13.6 Å². The van der Waals surface area contributed by atoms with E-state index in [2.05, 4.69) is 20.4 Å². The number of benzene rings is 1. The number of ether oxygens (including phenoxy) is 2. The van der Waals surface area contributed by atoms with E-state index in [9.17, 15) is 0 Å². The zero-order valence-electron chi connectivity index (χ0n) is 14.3. The van der Waals surface area contributed by atoms with Gasteiger partial charge in [-0.2, -0.15) is 5.10 Å². The van der Waals surface area contributed by atoms with Gasteiger partial charge in [-0.3, -0.25) is 4.68 Å². The number of aromatic nitrogens is 4. The van der Waals surface area contributed by atoms with E-state index in [0.717, 1.165) is 52.6 Å². The Bertz CT molecular complexity index is 860. The van der Waals surface area contributed by atoms with E-state index in [1.165, 1.54) is 0 Å². The Balaban J connectivity index is 1.72. The average Bonchev–Trinajstić information content (AvgIpc) is 2.90. The molecule has 0 spiro atoms. The highest BCUT2D eigenvalue weighted by Crippen LogP contribution is 2.27. The van der Waals surface area contributed by atoms with Crippen LogP contribution in [-0.4, -0.2) is 40.5 Å². The third kappa shape index (κ3) is 2.97. The molecule has 3 aromatic rings. The monoisotopic (exact) mass is 327 g/mol. The molecule has 0 saturated carbocycles. The second-order valence-corrected chi connectivity index (χ2v) is 5.49. The summed E-state index contributed by atoms with van der Waals surface area (Å²) in [5.74, 6) is 2.22. The van der Waals surface area contributed by atoms with Crippen LogP contribution in [0.15, 0.2) is 24.5 Å². The van der Waals surface area contributed by atoms with Crippen molar-refractivity contribution in [2.24, 2.45) is 7.05 Å². The molecular formula is C17H21N5O2. The number of nitrogens with one attached hydrogen (secondary N) is 1. The maximum Gasteiger partial charge on any atom is 0.160 e. The molecule has 0 aliphatic rings. The highest BCUT2D eigenvalue weighted by atomic mass is 16.5. The maximum absolute atomic E-state index is 5.34. The molecule has 0 bridgehead atoms. The van der Waals surface area contributed by atoms with Crippen LogP contribution in [0.3, 0.4) is 0 Å². The molecule has 0 atom stereocenters. The number of hydrogen-bond donors (Lipinski definition) is 1. The summed E-state index contributed by atoms with van der Waals surface area (Å²) in [7, 11) is 5.18. The van der Waals surface area contributed by atoms with Crippen LogP contribution < -0.4 is 14.8 Å². The van der Waals surface area contributed by atoms with Crippen molar-refractivity contribution in [3.8, 4) is 11.5 Å². The average molecular weight is 327 g/mol. The molecular weight excluding hydrogens is 306 g/mol. The van der Waals surface area contributed by atoms with Gasteiger partial charge >= 0.3 is 0 Å². The first-order chi connectivity index (χ1) is 11.6. The first kappa shape index (κ1) is 16.0. The maximum atomic E-state index is 5.34. The minimum Gasteiger partial charge on any atom is -0.493 e. The molecule has 1 aromatic carbocycles. The van der Waals surface area contributed by atoms with Gasteiger partial charge in [0.15, 0.2) is 22.8 Å². The lowest BCUT2D eigenvalue weighted by molar-refractivity contribution is 0.354. The van der Waals surface area contributed by atoms with E-state index in [0.29, 0.717) is 0 Å². The van der Waals surface area contributed by atoms with E-state index in [1.54, 1.807) is 20.5 Å². The molecule has 0 radical (unpaired) electrons. The third-order valence-corrected chi connectivity index (χ3v) is 4.05. The van der Waals surface area contributed by atoms with Crippen LogP contribution in [0.1, 0.15) is 11.3 Å². The summed E-state index contributed by atoms with van der Waals surface area (Å²) in [6.45, 7) is 2.73. The number of fused-ring (bicyclic) bond motifs is 1. The fourth-order valence-electron chi connectivity index (χ4n) is 2.61. The summed E-state index contributed by atoms with van der Waals surface area (Å²) in [5.41, 5.74) is 3.85. The van der Waals surface area contributed by atoms with Gasteiger partial charge in [0.2, 0.25) is 0 Å². The first-order valence-corrected chi connectivity index (χ1v) is 7.73. The Morgan fingerprint density at radius 1 is 1.08 bits per heavy atom. The van der Waals surface area contributed by atoms with Crippen molar-refractivity contribution < 1.29 is 9.47 Å². The smallest absolute Gasteiger partial charge is 0.160 e. The predicted molar refractivity (Wildman–Crippen MR) is 92.8 cm³/mol. The fraction of sp³-hybridized carbons (Fsp3) is 0.353. The van der Waals surface area contributed by atoms with E-state index in [4.69, 9.17) is 9.47 Å². The zero-order valence-corrected chi connectivity index (χ0v) is 14.3. The molecule has 3 rings (SSSR count). The van der Waals surface area contributed by atoms with E-state index < -0.39 is 0 Å². The van der Waals surface area contributed by atoms with Gasteiger partial charge in [0.05, 0.1) is 19.9 Å². The molecule has 2 aromatic heterocycles. The van der Waals surface area contributed by atoms with Gasteiger partial charge in [-0.05, 0) is 31.0 Å². The van der Waals surface area contributed by atoms with Crippen molar-refractivity contribution in [1.82, 2.24) is 19.7 Å². The highest BCUT2D eigenvalue weighted by molar-refractivity contribution is 5.86. The second kappa shape index (κ2) is 6.74. The van der Waals surface area contributed by atoms with E-state index >= 15 is 0 Å². The minimum absolute atomic E-state index is 0.732. The lowest BCUT2D eigenvalue weighted by Crippen LogP contribution is -2.07. The van der Waals surface area contributed by atoms with Gasteiger partial charge in [-0.1, -0.05) is 6.07 Å². The fourth-order valence-corrected chi connectivity index (χ4v) is 2.61. The molecule has 126 valence electrons. The van der Waals surface area contributed by atoms with Crippen LogP contribution in [-0.2, 0) is 13.5 Å². The quantitative estimate of drug-likeness (QED) is 0.749. The van der Waals surface area contributed by atoms with Gasteiger partial charge in [0.1, 0.15) is 11.8 Å². The molecule has 0 fully saturated rings. The Kier molecular flexibility index (Phi) is 4.50. The van der Waals surface area contributed by atoms with Crippen molar-refractivity contribution in [3.63, 3.8) is 0 Å². The summed E-state index contributed by atoms with van der Waals surface area (Å²) in [5, 5.41) is 7.82. The Labute approximate surface area is 140 Å². The lowest BCUT2D eigenvalue weighted by Gasteiger charge is -2.10. The number of nitrogens with zero attached hydrogens (tertiary/aromatic N) is 4. The molecule has 0 aliphatic heterocycles. The van der Waals surface area contributed by atoms with E-state index in [-0.39, 0.29) is 0 Å². The second-order valence-electron chi connectivity index (χ2n) is 5.49. The minimum atomic E-state index is 0.732. The molecule has 0 unspecified atom stereocenters. The molecule has 7 nitrogen and oxygen atoms in total. The molecule has 0 aliphatic carbocycles. The number of hydrogen-bond acceptors (Lipinski definition) is 6. The predicted octanol–water partition coefficient (Wildman–Crippen LogP) is 2.34. The van der Waals surface area contributed by atoms with Crippen molar-refractivity contribution in [1.29, 1.82) is 0 Å². The van der Waals surface area contributed by atoms with Crippen molar-refractivity contribution in [2.45, 2.75) is 13.3 Å². The third-order valence-electron chi connectivity index (χ3n) is 4.05. The molecule has 7 heteroatoms. The zero-order chi connectivity index (χ0) is 17.1. The Morgan fingerprint density at radius 2 is 1.88 bits per heavy atom. The lowest BCUT2D eigenvalue weighted by atomic mass is 10.1. The van der Waals surface area contributed by atoms with Gasteiger partial charge in [-0.15, -0.1) is 0 Å². The molecule has 0 amide bonds. The number of anilines is 1. The topological polar surface area (TPSA) is 74.1 Å². The van der Waals surface area contributed by atoms with Crippen LogP contribution in [0.25, 0.3) is 11.0 Å². The molecule has 2 heterocycles. The SMILES string of the molecule is COc1ccc(CCNc2ncnc3c(C)n(C)nc23)cc1OC. The Hall–Kier alpha value is -2.83. The first-order valence-electron chi connectivity index (χ1n) is 7.73. The highest BCUT2D eigenvalue weighted by Gasteiger charge is 2.11. The largest absolute Gasteiger partial charge is 0.493 e. The number of aryl methyl sites for hydroxylation is 2. The number of methoxy groups -OCH3 is 2. The van der Waals surface area contributed by atoms with Crippen molar-refractivity contribution >= 4 is 16.9 Å². The molecule has 24 heavy (non-hydrogen) atoms. The van der Waals surface area contributed by atoms with Gasteiger partial charge < -0.3 is 14.8 Å². The van der Waals surface area contributed by atoms with Crippen LogP contribution in [0.5, 0.6) is 11.5 Å². The molecule has 1 N–H and O–H groups in total. The standard InChI is InChI=1S/C17H21N5O2/c1-11-15-16(21-22(11)2)17(20-10-19-15)18-8-7-12-5-6-13(23-3)14(9-12)24-4/h5-6,9-10H,7-8H2,1-4H3,(H,18,19,20). The summed E-state index contributed by atoms with van der Waals surface area (Å²) >= 11 is 0. The summed E-state index contributed by atoms with van der Waals surface area (Å²) in [4.78, 5) is 8.62. The summed E-state index contributed by atoms with van der Waals surface area (Å²) < 4.78 is 12.4. The van der Waals surface area contributed by atoms with Crippen molar-refractivity contribution in [3.05, 3.63) is 35.8 Å².